The Morgan fingerprint density at radius 2 is 1.82 bits per heavy atom. The second-order valence-electron chi connectivity index (χ2n) is 8.11. The molecule has 0 aliphatic rings. The van der Waals surface area contributed by atoms with Crippen LogP contribution in [-0.4, -0.2) is 32.3 Å². The van der Waals surface area contributed by atoms with Crippen LogP contribution in [0.4, 0.5) is 10.1 Å². The van der Waals surface area contributed by atoms with Crippen LogP contribution in [0.15, 0.2) is 72.4 Å². The lowest BCUT2D eigenvalue weighted by Gasteiger charge is -2.21. The molecule has 2 N–H and O–H groups in total. The predicted octanol–water partition coefficient (Wildman–Crippen LogP) is 4.85. The zero-order chi connectivity index (χ0) is 24.5. The monoisotopic (exact) mass is 481 g/mol. The standard InChI is InChI=1S/C25H28FN5O2S/c1-4-14-31-23(21(15-17(2)3)28-24(33)18-8-6-5-7-9-18)29-30-25(31)34-16-22(32)27-20-12-10-19(26)11-13-20/h4-13,17,21H,1,14-16H2,2-3H3,(H,27,32)(H,28,33). The van der Waals surface area contributed by atoms with Crippen LogP contribution in [0.2, 0.25) is 0 Å². The minimum absolute atomic E-state index is 0.0951. The quantitative estimate of drug-likeness (QED) is 0.302. The summed E-state index contributed by atoms with van der Waals surface area (Å²) < 4.78 is 14.9. The van der Waals surface area contributed by atoms with Gasteiger partial charge in [-0.3, -0.25) is 9.59 Å². The minimum Gasteiger partial charge on any atom is -0.342 e. The van der Waals surface area contributed by atoms with E-state index >= 15 is 0 Å². The first-order valence-corrected chi connectivity index (χ1v) is 11.9. The van der Waals surface area contributed by atoms with Crippen LogP contribution >= 0.6 is 11.8 Å². The van der Waals surface area contributed by atoms with Crippen molar-refractivity contribution in [1.29, 1.82) is 0 Å². The van der Waals surface area contributed by atoms with E-state index in [1.54, 1.807) is 18.2 Å². The molecule has 0 saturated heterocycles. The Labute approximate surface area is 202 Å². The van der Waals surface area contributed by atoms with E-state index in [0.29, 0.717) is 41.1 Å². The second-order valence-corrected chi connectivity index (χ2v) is 9.05. The van der Waals surface area contributed by atoms with E-state index in [1.807, 2.05) is 22.8 Å². The lowest BCUT2D eigenvalue weighted by Crippen LogP contribution is -2.31. The molecular formula is C25H28FN5O2S. The number of thioether (sulfide) groups is 1. The van der Waals surface area contributed by atoms with Crippen molar-refractivity contribution in [3.05, 3.63) is 84.5 Å². The van der Waals surface area contributed by atoms with Gasteiger partial charge in [0, 0.05) is 17.8 Å². The van der Waals surface area contributed by atoms with Gasteiger partial charge in [-0.15, -0.1) is 16.8 Å². The van der Waals surface area contributed by atoms with Gasteiger partial charge in [0.15, 0.2) is 11.0 Å². The maximum absolute atomic E-state index is 13.1. The molecule has 0 aliphatic carbocycles. The molecule has 2 amide bonds. The van der Waals surface area contributed by atoms with E-state index in [1.165, 1.54) is 36.0 Å². The van der Waals surface area contributed by atoms with Crippen LogP contribution in [0.1, 0.15) is 42.5 Å². The highest BCUT2D eigenvalue weighted by atomic mass is 32.2. The van der Waals surface area contributed by atoms with Gasteiger partial charge in [0.1, 0.15) is 5.82 Å². The van der Waals surface area contributed by atoms with Crippen molar-refractivity contribution in [3.63, 3.8) is 0 Å². The zero-order valence-corrected chi connectivity index (χ0v) is 20.0. The molecule has 2 aromatic carbocycles. The zero-order valence-electron chi connectivity index (χ0n) is 19.2. The van der Waals surface area contributed by atoms with Gasteiger partial charge in [0.05, 0.1) is 11.8 Å². The van der Waals surface area contributed by atoms with Crippen molar-refractivity contribution < 1.29 is 14.0 Å². The number of allylic oxidation sites excluding steroid dienone is 1. The SMILES string of the molecule is C=CCn1c(SCC(=O)Nc2ccc(F)cc2)nnc1C(CC(C)C)NC(=O)c1ccccc1. The molecule has 3 aromatic rings. The highest BCUT2D eigenvalue weighted by Crippen LogP contribution is 2.25. The fourth-order valence-electron chi connectivity index (χ4n) is 3.36. The summed E-state index contributed by atoms with van der Waals surface area (Å²) in [7, 11) is 0. The van der Waals surface area contributed by atoms with Gasteiger partial charge in [-0.2, -0.15) is 0 Å². The normalized spacial score (nSPS) is 11.8. The first kappa shape index (κ1) is 25.2. The Hall–Kier alpha value is -3.46. The Morgan fingerprint density at radius 3 is 2.47 bits per heavy atom. The van der Waals surface area contributed by atoms with Gasteiger partial charge in [-0.25, -0.2) is 4.39 Å². The van der Waals surface area contributed by atoms with Crippen LogP contribution in [0.5, 0.6) is 0 Å². The topological polar surface area (TPSA) is 88.9 Å². The van der Waals surface area contributed by atoms with Crippen LogP contribution < -0.4 is 10.6 Å². The molecule has 0 aliphatic heterocycles. The maximum Gasteiger partial charge on any atom is 0.251 e. The van der Waals surface area contributed by atoms with Crippen molar-refractivity contribution >= 4 is 29.3 Å². The Kier molecular flexibility index (Phi) is 8.98. The second kappa shape index (κ2) is 12.1. The predicted molar refractivity (Wildman–Crippen MR) is 132 cm³/mol. The number of rotatable bonds is 11. The summed E-state index contributed by atoms with van der Waals surface area (Å²) in [6.07, 6.45) is 2.39. The van der Waals surface area contributed by atoms with E-state index in [0.717, 1.165) is 0 Å². The van der Waals surface area contributed by atoms with Crippen molar-refractivity contribution in [2.24, 2.45) is 5.92 Å². The highest BCUT2D eigenvalue weighted by molar-refractivity contribution is 7.99. The average Bonchev–Trinajstić information content (AvgIpc) is 3.22. The summed E-state index contributed by atoms with van der Waals surface area (Å²) in [6.45, 7) is 8.40. The fraction of sp³-hybridized carbons (Fsp3) is 0.280. The molecule has 1 heterocycles. The third-order valence-electron chi connectivity index (χ3n) is 4.88. The van der Waals surface area contributed by atoms with Gasteiger partial charge in [0.2, 0.25) is 5.91 Å². The molecule has 0 fully saturated rings. The van der Waals surface area contributed by atoms with Crippen LogP contribution in [-0.2, 0) is 11.3 Å². The maximum atomic E-state index is 13.1. The number of nitrogens with zero attached hydrogens (tertiary/aromatic N) is 3. The molecule has 7 nitrogen and oxygen atoms in total. The molecular weight excluding hydrogens is 453 g/mol. The molecule has 0 radical (unpaired) electrons. The third kappa shape index (κ3) is 7.02. The van der Waals surface area contributed by atoms with Crippen molar-refractivity contribution in [2.45, 2.75) is 38.0 Å². The van der Waals surface area contributed by atoms with E-state index in [4.69, 9.17) is 0 Å². The van der Waals surface area contributed by atoms with E-state index in [2.05, 4.69) is 41.3 Å². The van der Waals surface area contributed by atoms with Gasteiger partial charge in [0.25, 0.3) is 5.91 Å². The summed E-state index contributed by atoms with van der Waals surface area (Å²) in [5.41, 5.74) is 1.08. The first-order chi connectivity index (χ1) is 16.4. The summed E-state index contributed by atoms with van der Waals surface area (Å²) >= 11 is 1.23. The highest BCUT2D eigenvalue weighted by Gasteiger charge is 2.24. The molecule has 3 rings (SSSR count). The lowest BCUT2D eigenvalue weighted by atomic mass is 10.0. The van der Waals surface area contributed by atoms with Crippen molar-refractivity contribution in [3.8, 4) is 0 Å². The smallest absolute Gasteiger partial charge is 0.251 e. The van der Waals surface area contributed by atoms with Gasteiger partial charge >= 0.3 is 0 Å². The number of anilines is 1. The van der Waals surface area contributed by atoms with E-state index in [-0.39, 0.29) is 29.4 Å². The largest absolute Gasteiger partial charge is 0.342 e. The number of benzene rings is 2. The molecule has 0 saturated carbocycles. The van der Waals surface area contributed by atoms with Gasteiger partial charge in [-0.05, 0) is 48.7 Å². The molecule has 0 bridgehead atoms. The molecule has 9 heteroatoms. The summed E-state index contributed by atoms with van der Waals surface area (Å²) in [5.74, 6) is 0.201. The van der Waals surface area contributed by atoms with Crippen LogP contribution in [0, 0.1) is 11.7 Å². The number of carbonyl (C=O) groups is 2. The molecule has 0 spiro atoms. The number of halogens is 1. The Morgan fingerprint density at radius 1 is 1.12 bits per heavy atom. The summed E-state index contributed by atoms with van der Waals surface area (Å²) in [6, 6.07) is 14.2. The van der Waals surface area contributed by atoms with Gasteiger partial charge < -0.3 is 15.2 Å². The van der Waals surface area contributed by atoms with E-state index < -0.39 is 0 Å². The third-order valence-corrected chi connectivity index (χ3v) is 5.84. The number of hydrogen-bond acceptors (Lipinski definition) is 5. The molecule has 34 heavy (non-hydrogen) atoms. The van der Waals surface area contributed by atoms with E-state index in [9.17, 15) is 14.0 Å². The number of aromatic nitrogens is 3. The Balaban J connectivity index is 1.75. The van der Waals surface area contributed by atoms with Crippen LogP contribution in [0.3, 0.4) is 0 Å². The van der Waals surface area contributed by atoms with Crippen LogP contribution in [0.25, 0.3) is 0 Å². The molecule has 178 valence electrons. The number of nitrogens with one attached hydrogen (secondary N) is 2. The summed E-state index contributed by atoms with van der Waals surface area (Å²) in [5, 5.41) is 15.0. The number of carbonyl (C=O) groups excluding carboxylic acids is 2. The van der Waals surface area contributed by atoms with Gasteiger partial charge in [-0.1, -0.05) is 49.9 Å². The first-order valence-electron chi connectivity index (χ1n) is 11.0. The van der Waals surface area contributed by atoms with Crippen molar-refractivity contribution in [1.82, 2.24) is 20.1 Å². The number of hydrogen-bond donors (Lipinski definition) is 2. The lowest BCUT2D eigenvalue weighted by molar-refractivity contribution is -0.113. The molecule has 1 atom stereocenters. The fourth-order valence-corrected chi connectivity index (χ4v) is 4.11. The number of amides is 2. The minimum atomic E-state index is -0.368. The summed E-state index contributed by atoms with van der Waals surface area (Å²) in [4.78, 5) is 25.2. The Bertz CT molecular complexity index is 1120. The molecule has 1 unspecified atom stereocenters. The van der Waals surface area contributed by atoms with Crippen molar-refractivity contribution in [2.75, 3.05) is 11.1 Å². The average molecular weight is 482 g/mol. The molecule has 1 aromatic heterocycles.